The SMILES string of the molecule is CCN1C(=O)[C@H]2c3ccccc3CS[C@H]2c2ccccc21. The first kappa shape index (κ1) is 13.0. The molecule has 0 N–H and O–H groups in total. The van der Waals surface area contributed by atoms with Gasteiger partial charge in [0.25, 0.3) is 0 Å². The summed E-state index contributed by atoms with van der Waals surface area (Å²) >= 11 is 1.90. The molecule has 2 heterocycles. The maximum atomic E-state index is 13.0. The molecule has 0 aliphatic carbocycles. The molecule has 2 aromatic rings. The highest BCUT2D eigenvalue weighted by atomic mass is 32.2. The predicted octanol–water partition coefficient (Wildman–Crippen LogP) is 4.12. The van der Waals surface area contributed by atoms with Gasteiger partial charge < -0.3 is 4.90 Å². The molecule has 2 atom stereocenters. The summed E-state index contributed by atoms with van der Waals surface area (Å²) in [5.74, 6) is 1.21. The molecule has 106 valence electrons. The number of nitrogens with zero attached hydrogens (tertiary/aromatic N) is 1. The minimum Gasteiger partial charge on any atom is -0.312 e. The zero-order chi connectivity index (χ0) is 14.4. The van der Waals surface area contributed by atoms with Crippen LogP contribution in [0.5, 0.6) is 0 Å². The second-order valence-electron chi connectivity index (χ2n) is 5.55. The largest absolute Gasteiger partial charge is 0.312 e. The molecule has 0 unspecified atom stereocenters. The van der Waals surface area contributed by atoms with E-state index in [1.54, 1.807) is 0 Å². The van der Waals surface area contributed by atoms with Crippen LogP contribution in [0.3, 0.4) is 0 Å². The highest BCUT2D eigenvalue weighted by Crippen LogP contribution is 2.54. The van der Waals surface area contributed by atoms with Gasteiger partial charge in [0.1, 0.15) is 0 Å². The molecule has 0 bridgehead atoms. The number of para-hydroxylation sites is 1. The first-order valence-corrected chi connectivity index (χ1v) is 8.46. The van der Waals surface area contributed by atoms with Gasteiger partial charge >= 0.3 is 0 Å². The van der Waals surface area contributed by atoms with Gasteiger partial charge in [-0.15, -0.1) is 11.8 Å². The molecule has 0 spiro atoms. The Bertz CT molecular complexity index is 712. The maximum Gasteiger partial charge on any atom is 0.236 e. The highest BCUT2D eigenvalue weighted by molar-refractivity contribution is 7.98. The first-order valence-electron chi connectivity index (χ1n) is 7.41. The molecule has 2 aliphatic rings. The number of hydrogen-bond donors (Lipinski definition) is 0. The van der Waals surface area contributed by atoms with Crippen molar-refractivity contribution in [2.45, 2.75) is 23.8 Å². The van der Waals surface area contributed by atoms with Crippen LogP contribution in [0.25, 0.3) is 0 Å². The lowest BCUT2D eigenvalue weighted by molar-refractivity contribution is -0.120. The minimum atomic E-state index is -0.0326. The van der Waals surface area contributed by atoms with Crippen LogP contribution < -0.4 is 4.90 Å². The molecular formula is C18H17NOS. The summed E-state index contributed by atoms with van der Waals surface area (Å²) in [5.41, 5.74) is 4.94. The summed E-state index contributed by atoms with van der Waals surface area (Å²) < 4.78 is 0. The summed E-state index contributed by atoms with van der Waals surface area (Å²) in [4.78, 5) is 15.0. The molecule has 3 heteroatoms. The van der Waals surface area contributed by atoms with E-state index in [1.807, 2.05) is 22.7 Å². The number of thioether (sulfide) groups is 1. The fourth-order valence-electron chi connectivity index (χ4n) is 3.53. The Kier molecular flexibility index (Phi) is 3.03. The molecule has 0 fully saturated rings. The van der Waals surface area contributed by atoms with Gasteiger partial charge in [-0.25, -0.2) is 0 Å². The van der Waals surface area contributed by atoms with Gasteiger partial charge in [-0.05, 0) is 29.7 Å². The van der Waals surface area contributed by atoms with Crippen LogP contribution in [-0.4, -0.2) is 12.5 Å². The molecule has 0 saturated carbocycles. The number of rotatable bonds is 1. The monoisotopic (exact) mass is 295 g/mol. The molecule has 2 nitrogen and oxygen atoms in total. The van der Waals surface area contributed by atoms with Crippen LogP contribution in [0.4, 0.5) is 5.69 Å². The number of hydrogen-bond acceptors (Lipinski definition) is 2. The van der Waals surface area contributed by atoms with E-state index in [4.69, 9.17) is 0 Å². The van der Waals surface area contributed by atoms with E-state index in [0.717, 1.165) is 18.0 Å². The van der Waals surface area contributed by atoms with Crippen molar-refractivity contribution < 1.29 is 4.79 Å². The molecule has 0 aromatic heterocycles. The average molecular weight is 295 g/mol. The molecule has 4 rings (SSSR count). The smallest absolute Gasteiger partial charge is 0.236 e. The van der Waals surface area contributed by atoms with E-state index in [-0.39, 0.29) is 17.1 Å². The molecule has 0 radical (unpaired) electrons. The predicted molar refractivity (Wildman–Crippen MR) is 87.7 cm³/mol. The molecule has 2 aliphatic heterocycles. The Hall–Kier alpha value is -1.74. The normalized spacial score (nSPS) is 23.3. The quantitative estimate of drug-likeness (QED) is 0.788. The molecular weight excluding hydrogens is 278 g/mol. The van der Waals surface area contributed by atoms with Gasteiger partial charge in [-0.2, -0.15) is 0 Å². The number of anilines is 1. The fraction of sp³-hybridized carbons (Fsp3) is 0.278. The summed E-state index contributed by atoms with van der Waals surface area (Å²) in [7, 11) is 0. The Morgan fingerprint density at radius 2 is 1.81 bits per heavy atom. The highest BCUT2D eigenvalue weighted by Gasteiger charge is 2.43. The molecule has 21 heavy (non-hydrogen) atoms. The lowest BCUT2D eigenvalue weighted by Gasteiger charge is -2.42. The van der Waals surface area contributed by atoms with Crippen molar-refractivity contribution in [2.24, 2.45) is 0 Å². The number of fused-ring (bicyclic) bond motifs is 5. The lowest BCUT2D eigenvalue weighted by Crippen LogP contribution is -2.42. The van der Waals surface area contributed by atoms with Crippen molar-refractivity contribution in [3.05, 3.63) is 65.2 Å². The van der Waals surface area contributed by atoms with E-state index in [9.17, 15) is 4.79 Å². The fourth-order valence-corrected chi connectivity index (χ4v) is 4.98. The zero-order valence-corrected chi connectivity index (χ0v) is 12.8. The van der Waals surface area contributed by atoms with E-state index in [2.05, 4.69) is 49.4 Å². The molecule has 0 saturated heterocycles. The average Bonchev–Trinajstić information content (AvgIpc) is 2.54. The number of carbonyl (C=O) groups is 1. The Morgan fingerprint density at radius 3 is 2.62 bits per heavy atom. The van der Waals surface area contributed by atoms with E-state index in [0.29, 0.717) is 0 Å². The van der Waals surface area contributed by atoms with Crippen LogP contribution in [0, 0.1) is 0 Å². The van der Waals surface area contributed by atoms with Crippen molar-refractivity contribution in [3.8, 4) is 0 Å². The molecule has 1 amide bonds. The standard InChI is InChI=1S/C18H17NOS/c1-2-19-15-10-6-5-9-14(15)17-16(18(19)20)13-8-4-3-7-12(13)11-21-17/h3-10,16-17H,2,11H2,1H3/t16-,17-/m0/s1. The van der Waals surface area contributed by atoms with Gasteiger partial charge in [0.15, 0.2) is 0 Å². The third-order valence-electron chi connectivity index (χ3n) is 4.49. The number of benzene rings is 2. The first-order chi connectivity index (χ1) is 10.3. The van der Waals surface area contributed by atoms with Crippen LogP contribution in [0.1, 0.15) is 34.8 Å². The van der Waals surface area contributed by atoms with Crippen LogP contribution >= 0.6 is 11.8 Å². The summed E-state index contributed by atoms with van der Waals surface area (Å²) in [6.45, 7) is 2.78. The Morgan fingerprint density at radius 1 is 1.10 bits per heavy atom. The van der Waals surface area contributed by atoms with Crippen LogP contribution in [0.15, 0.2) is 48.5 Å². The number of carbonyl (C=O) groups excluding carboxylic acids is 1. The maximum absolute atomic E-state index is 13.0. The van der Waals surface area contributed by atoms with E-state index < -0.39 is 0 Å². The minimum absolute atomic E-state index is 0.0326. The number of likely N-dealkylation sites (N-methyl/N-ethyl adjacent to an activating group) is 1. The van der Waals surface area contributed by atoms with Crippen LogP contribution in [-0.2, 0) is 10.5 Å². The van der Waals surface area contributed by atoms with Crippen molar-refractivity contribution in [1.29, 1.82) is 0 Å². The Labute approximate surface area is 129 Å². The van der Waals surface area contributed by atoms with Crippen LogP contribution in [0.2, 0.25) is 0 Å². The van der Waals surface area contributed by atoms with Gasteiger partial charge in [0.05, 0.1) is 5.92 Å². The van der Waals surface area contributed by atoms with Crippen molar-refractivity contribution in [2.75, 3.05) is 11.4 Å². The Balaban J connectivity index is 1.92. The topological polar surface area (TPSA) is 20.3 Å². The van der Waals surface area contributed by atoms with E-state index >= 15 is 0 Å². The van der Waals surface area contributed by atoms with Gasteiger partial charge in [-0.3, -0.25) is 4.79 Å². The van der Waals surface area contributed by atoms with E-state index in [1.165, 1.54) is 16.7 Å². The van der Waals surface area contributed by atoms with Gasteiger partial charge in [-0.1, -0.05) is 42.5 Å². The number of amides is 1. The zero-order valence-electron chi connectivity index (χ0n) is 12.0. The van der Waals surface area contributed by atoms with Crippen molar-refractivity contribution >= 4 is 23.4 Å². The van der Waals surface area contributed by atoms with Crippen molar-refractivity contribution in [3.63, 3.8) is 0 Å². The van der Waals surface area contributed by atoms with Gasteiger partial charge in [0, 0.05) is 23.2 Å². The third-order valence-corrected chi connectivity index (χ3v) is 5.86. The lowest BCUT2D eigenvalue weighted by atomic mass is 9.83. The summed E-state index contributed by atoms with van der Waals surface area (Å²) in [5, 5.41) is 0.256. The summed E-state index contributed by atoms with van der Waals surface area (Å²) in [6.07, 6.45) is 0. The second-order valence-corrected chi connectivity index (χ2v) is 6.68. The third kappa shape index (κ3) is 1.84. The van der Waals surface area contributed by atoms with Crippen molar-refractivity contribution in [1.82, 2.24) is 0 Å². The molecule has 2 aromatic carbocycles. The summed E-state index contributed by atoms with van der Waals surface area (Å²) in [6, 6.07) is 16.8. The second kappa shape index (κ2) is 4.92. The van der Waals surface area contributed by atoms with Gasteiger partial charge in [0.2, 0.25) is 5.91 Å².